The lowest BCUT2D eigenvalue weighted by atomic mass is 10.0. The summed E-state index contributed by atoms with van der Waals surface area (Å²) in [7, 11) is 0. The number of halogens is 1. The molecule has 1 amide bonds. The normalized spacial score (nSPS) is 12.3. The molecule has 0 saturated carbocycles. The van der Waals surface area contributed by atoms with Crippen LogP contribution in [0.15, 0.2) is 35.7 Å². The third kappa shape index (κ3) is 5.21. The molecule has 0 unspecified atom stereocenters. The summed E-state index contributed by atoms with van der Waals surface area (Å²) in [6.45, 7) is 4.35. The molecule has 0 bridgehead atoms. The Bertz CT molecular complexity index is 631. The van der Waals surface area contributed by atoms with Gasteiger partial charge in [0.2, 0.25) is 5.91 Å². The topological polar surface area (TPSA) is 68.0 Å². The molecule has 1 heterocycles. The van der Waals surface area contributed by atoms with Crippen LogP contribution in [0, 0.1) is 0 Å². The van der Waals surface area contributed by atoms with Crippen molar-refractivity contribution in [2.75, 3.05) is 6.26 Å². The van der Waals surface area contributed by atoms with E-state index in [9.17, 15) is 4.79 Å². The number of amides is 1. The molecule has 0 aliphatic rings. The van der Waals surface area contributed by atoms with Crippen molar-refractivity contribution in [2.24, 2.45) is 5.73 Å². The van der Waals surface area contributed by atoms with E-state index >= 15 is 0 Å². The first-order valence-corrected chi connectivity index (χ1v) is 9.13. The van der Waals surface area contributed by atoms with Gasteiger partial charge in [0.1, 0.15) is 5.01 Å². The minimum atomic E-state index is -0.545. The molecule has 4 nitrogen and oxygen atoms in total. The van der Waals surface area contributed by atoms with Crippen molar-refractivity contribution in [3.05, 3.63) is 40.7 Å². The number of benzene rings is 1. The van der Waals surface area contributed by atoms with Crippen molar-refractivity contribution in [1.82, 2.24) is 10.3 Å². The van der Waals surface area contributed by atoms with Crippen LogP contribution >= 0.6 is 35.5 Å². The molecule has 0 aliphatic heterocycles. The molecule has 23 heavy (non-hydrogen) atoms. The summed E-state index contributed by atoms with van der Waals surface area (Å²) in [4.78, 5) is 16.7. The molecule has 3 N–H and O–H groups in total. The summed E-state index contributed by atoms with van der Waals surface area (Å²) < 4.78 is -0.290. The Morgan fingerprint density at radius 1 is 1.39 bits per heavy atom. The number of carbonyl (C=O) groups excluding carboxylic acids is 1. The molecule has 1 atom stereocenters. The predicted molar refractivity (Wildman–Crippen MR) is 102 cm³/mol. The van der Waals surface area contributed by atoms with E-state index in [0.717, 1.165) is 16.3 Å². The maximum Gasteiger partial charge on any atom is 0.238 e. The number of rotatable bonds is 6. The zero-order valence-electron chi connectivity index (χ0n) is 13.4. The van der Waals surface area contributed by atoms with Gasteiger partial charge in [-0.3, -0.25) is 4.79 Å². The average molecular weight is 372 g/mol. The van der Waals surface area contributed by atoms with Gasteiger partial charge in [-0.1, -0.05) is 30.3 Å². The molecule has 1 aromatic carbocycles. The Morgan fingerprint density at radius 3 is 2.65 bits per heavy atom. The van der Waals surface area contributed by atoms with Gasteiger partial charge in [0.15, 0.2) is 0 Å². The molecule has 1 aromatic heterocycles. The Balaban J connectivity index is 0.00000264. The van der Waals surface area contributed by atoms with Crippen LogP contribution in [0.1, 0.15) is 18.9 Å². The summed E-state index contributed by atoms with van der Waals surface area (Å²) in [5, 5.41) is 5.75. The fourth-order valence-corrected chi connectivity index (χ4v) is 2.95. The number of carbonyl (C=O) groups is 1. The van der Waals surface area contributed by atoms with Crippen molar-refractivity contribution >= 4 is 41.4 Å². The second kappa shape index (κ2) is 8.68. The van der Waals surface area contributed by atoms with E-state index in [1.165, 1.54) is 11.3 Å². The summed E-state index contributed by atoms with van der Waals surface area (Å²) >= 11 is 3.13. The minimum Gasteiger partial charge on any atom is -0.348 e. The van der Waals surface area contributed by atoms with E-state index in [-0.39, 0.29) is 23.1 Å². The lowest BCUT2D eigenvalue weighted by Gasteiger charge is -2.28. The van der Waals surface area contributed by atoms with Gasteiger partial charge in [-0.05, 0) is 20.1 Å². The van der Waals surface area contributed by atoms with Gasteiger partial charge in [-0.15, -0.1) is 23.7 Å². The molecular formula is C16H22ClN3OS2. The molecule has 2 aromatic rings. The number of hydrogen-bond acceptors (Lipinski definition) is 5. The first-order valence-electron chi connectivity index (χ1n) is 7.02. The van der Waals surface area contributed by atoms with Crippen molar-refractivity contribution in [3.63, 3.8) is 0 Å². The van der Waals surface area contributed by atoms with E-state index in [0.29, 0.717) is 6.54 Å². The molecule has 0 fully saturated rings. The first kappa shape index (κ1) is 20.0. The number of nitrogens with two attached hydrogens (primary N) is 1. The van der Waals surface area contributed by atoms with Crippen molar-refractivity contribution in [2.45, 2.75) is 31.2 Å². The van der Waals surface area contributed by atoms with Gasteiger partial charge in [-0.2, -0.15) is 11.8 Å². The van der Waals surface area contributed by atoms with Gasteiger partial charge < -0.3 is 11.1 Å². The molecule has 2 rings (SSSR count). The van der Waals surface area contributed by atoms with Crippen molar-refractivity contribution in [1.29, 1.82) is 0 Å². The Hall–Kier alpha value is -1.08. The quantitative estimate of drug-likeness (QED) is 0.817. The highest BCUT2D eigenvalue weighted by molar-refractivity contribution is 8.00. The monoisotopic (exact) mass is 371 g/mol. The van der Waals surface area contributed by atoms with Gasteiger partial charge in [0, 0.05) is 15.7 Å². The molecular weight excluding hydrogens is 350 g/mol. The highest BCUT2D eigenvalue weighted by atomic mass is 35.5. The molecule has 7 heteroatoms. The standard InChI is InChI=1S/C16H21N3OS2.ClH/c1-16(2,21-3)14(17)15(20)18-9-13-19-12(10-22-13)11-7-5-4-6-8-11;/h4-8,10,14H,9,17H2,1-3H3,(H,18,20);1H/t14-;/m1./s1. The van der Waals surface area contributed by atoms with Crippen LogP contribution in [0.5, 0.6) is 0 Å². The smallest absolute Gasteiger partial charge is 0.238 e. The number of nitrogens with zero attached hydrogens (tertiary/aromatic N) is 1. The van der Waals surface area contributed by atoms with Gasteiger partial charge in [-0.25, -0.2) is 4.98 Å². The summed E-state index contributed by atoms with van der Waals surface area (Å²) in [6.07, 6.45) is 1.96. The van der Waals surface area contributed by atoms with E-state index < -0.39 is 6.04 Å². The van der Waals surface area contributed by atoms with Gasteiger partial charge in [0.05, 0.1) is 18.3 Å². The largest absolute Gasteiger partial charge is 0.348 e. The highest BCUT2D eigenvalue weighted by Gasteiger charge is 2.31. The predicted octanol–water partition coefficient (Wildman–Crippen LogP) is 3.32. The van der Waals surface area contributed by atoms with E-state index in [1.54, 1.807) is 11.8 Å². The number of thioether (sulfide) groups is 1. The minimum absolute atomic E-state index is 0. The number of aromatic nitrogens is 1. The van der Waals surface area contributed by atoms with Crippen LogP contribution in [0.2, 0.25) is 0 Å². The number of thiazole rings is 1. The van der Waals surface area contributed by atoms with Crippen LogP contribution in [-0.4, -0.2) is 27.9 Å². The fraction of sp³-hybridized carbons (Fsp3) is 0.375. The van der Waals surface area contributed by atoms with Gasteiger partial charge in [0.25, 0.3) is 0 Å². The molecule has 0 spiro atoms. The zero-order chi connectivity index (χ0) is 16.2. The van der Waals surface area contributed by atoms with Crippen molar-refractivity contribution < 1.29 is 4.79 Å². The lowest BCUT2D eigenvalue weighted by molar-refractivity contribution is -0.123. The second-order valence-corrected chi connectivity index (χ2v) is 7.90. The van der Waals surface area contributed by atoms with Crippen LogP contribution in [0.25, 0.3) is 11.3 Å². The third-order valence-electron chi connectivity index (χ3n) is 3.59. The first-order chi connectivity index (χ1) is 10.4. The summed E-state index contributed by atoms with van der Waals surface area (Å²) in [5.74, 6) is -0.143. The Morgan fingerprint density at radius 2 is 2.04 bits per heavy atom. The Labute approximate surface area is 151 Å². The Kier molecular flexibility index (Phi) is 7.54. The third-order valence-corrected chi connectivity index (χ3v) is 5.75. The van der Waals surface area contributed by atoms with Crippen LogP contribution in [0.4, 0.5) is 0 Å². The summed E-state index contributed by atoms with van der Waals surface area (Å²) in [6, 6.07) is 9.45. The SMILES string of the molecule is CSC(C)(C)[C@H](N)C(=O)NCc1nc(-c2ccccc2)cs1.Cl. The van der Waals surface area contributed by atoms with Gasteiger partial charge >= 0.3 is 0 Å². The maximum atomic E-state index is 12.1. The number of hydrogen-bond donors (Lipinski definition) is 2. The maximum absolute atomic E-state index is 12.1. The highest BCUT2D eigenvalue weighted by Crippen LogP contribution is 2.25. The number of nitrogens with one attached hydrogen (secondary N) is 1. The molecule has 0 saturated heterocycles. The average Bonchev–Trinajstić information content (AvgIpc) is 3.01. The zero-order valence-corrected chi connectivity index (χ0v) is 15.9. The van der Waals surface area contributed by atoms with Crippen LogP contribution in [0.3, 0.4) is 0 Å². The fourth-order valence-electron chi connectivity index (χ4n) is 1.85. The second-order valence-electron chi connectivity index (χ2n) is 5.50. The van der Waals surface area contributed by atoms with E-state index in [1.807, 2.05) is 55.8 Å². The molecule has 0 radical (unpaired) electrons. The van der Waals surface area contributed by atoms with Crippen molar-refractivity contribution in [3.8, 4) is 11.3 Å². The lowest BCUT2D eigenvalue weighted by Crippen LogP contribution is -2.51. The van der Waals surface area contributed by atoms with E-state index in [2.05, 4.69) is 10.3 Å². The molecule has 0 aliphatic carbocycles. The van der Waals surface area contributed by atoms with Crippen LogP contribution in [-0.2, 0) is 11.3 Å². The van der Waals surface area contributed by atoms with E-state index in [4.69, 9.17) is 5.73 Å². The van der Waals surface area contributed by atoms with Crippen LogP contribution < -0.4 is 11.1 Å². The molecule has 126 valence electrons. The summed E-state index contributed by atoms with van der Waals surface area (Å²) in [5.41, 5.74) is 8.03.